The largest absolute Gasteiger partial charge is 0.443 e. The molecule has 19 heavy (non-hydrogen) atoms. The van der Waals surface area contributed by atoms with Crippen LogP contribution in [0.4, 0.5) is 4.79 Å². The van der Waals surface area contributed by atoms with Crippen molar-refractivity contribution in [2.45, 2.75) is 26.1 Å². The third-order valence-electron chi connectivity index (χ3n) is 2.78. The molecule has 0 fully saturated rings. The molecule has 0 heterocycles. The number of hydrogen-bond donors (Lipinski definition) is 1. The monoisotopic (exact) mass is 267 g/mol. The first-order chi connectivity index (χ1) is 9.10. The molecule has 2 unspecified atom stereocenters. The van der Waals surface area contributed by atoms with E-state index in [-0.39, 0.29) is 12.9 Å². The van der Waals surface area contributed by atoms with Gasteiger partial charge in [0, 0.05) is 14.2 Å². The zero-order valence-corrected chi connectivity index (χ0v) is 11.8. The summed E-state index contributed by atoms with van der Waals surface area (Å²) >= 11 is 0. The van der Waals surface area contributed by atoms with E-state index in [0.29, 0.717) is 0 Å². The Kier molecular flexibility index (Phi) is 6.32. The van der Waals surface area contributed by atoms with Crippen LogP contribution in [-0.2, 0) is 14.2 Å². The summed E-state index contributed by atoms with van der Waals surface area (Å²) in [5.41, 5.74) is 2.06. The molecule has 106 valence electrons. The van der Waals surface area contributed by atoms with Crippen LogP contribution in [-0.4, -0.2) is 33.1 Å². The molecule has 1 aromatic rings. The summed E-state index contributed by atoms with van der Waals surface area (Å²) in [6, 6.07) is 7.83. The number of aryl methyl sites for hydroxylation is 1. The van der Waals surface area contributed by atoms with Crippen molar-refractivity contribution < 1.29 is 19.0 Å². The zero-order chi connectivity index (χ0) is 14.3. The number of alkyl carbamates (subject to hydrolysis) is 1. The van der Waals surface area contributed by atoms with Gasteiger partial charge in [-0.05, 0) is 25.0 Å². The molecular weight excluding hydrogens is 246 g/mol. The molecule has 0 bridgehead atoms. The van der Waals surface area contributed by atoms with Crippen LogP contribution in [0.25, 0.3) is 0 Å². The second kappa shape index (κ2) is 7.76. The molecule has 1 amide bonds. The minimum atomic E-state index is -0.480. The zero-order valence-electron chi connectivity index (χ0n) is 11.8. The average Bonchev–Trinajstić information content (AvgIpc) is 2.40. The van der Waals surface area contributed by atoms with Crippen LogP contribution in [0, 0.1) is 6.92 Å². The Labute approximate surface area is 113 Å². The first kappa shape index (κ1) is 15.5. The third-order valence-corrected chi connectivity index (χ3v) is 2.78. The summed E-state index contributed by atoms with van der Waals surface area (Å²) in [6.45, 7) is 3.92. The number of benzene rings is 1. The smallest absolute Gasteiger partial charge is 0.407 e. The Balaban J connectivity index is 2.88. The maximum absolute atomic E-state index is 11.3. The highest BCUT2D eigenvalue weighted by Crippen LogP contribution is 2.26. The van der Waals surface area contributed by atoms with Crippen molar-refractivity contribution >= 4 is 6.09 Å². The number of nitrogens with one attached hydrogen (secondary N) is 1. The van der Waals surface area contributed by atoms with E-state index < -0.39 is 12.2 Å². The molecule has 1 N–H and O–H groups in total. The number of ether oxygens (including phenoxy) is 3. The topological polar surface area (TPSA) is 56.8 Å². The Morgan fingerprint density at radius 1 is 1.37 bits per heavy atom. The summed E-state index contributed by atoms with van der Waals surface area (Å²) in [5.74, 6) is 0. The standard InChI is InChI=1S/C14H21NO4/c1-10-7-5-6-8-12(10)13(18-9-17-4)11(2)19-14(16)15-3/h5-8,11,13H,9H2,1-4H3,(H,15,16). The fourth-order valence-corrected chi connectivity index (χ4v) is 1.82. The molecule has 0 aliphatic heterocycles. The molecule has 0 saturated heterocycles. The highest BCUT2D eigenvalue weighted by atomic mass is 16.7. The number of carbonyl (C=O) groups excluding carboxylic acids is 1. The number of hydrogen-bond acceptors (Lipinski definition) is 4. The normalized spacial score (nSPS) is 13.7. The molecule has 2 atom stereocenters. The highest BCUT2D eigenvalue weighted by molar-refractivity contribution is 5.66. The van der Waals surface area contributed by atoms with E-state index in [1.165, 1.54) is 7.05 Å². The van der Waals surface area contributed by atoms with Gasteiger partial charge in [0.2, 0.25) is 0 Å². The van der Waals surface area contributed by atoms with Crippen LogP contribution in [0.5, 0.6) is 0 Å². The lowest BCUT2D eigenvalue weighted by Crippen LogP contribution is -2.30. The SMILES string of the molecule is CNC(=O)OC(C)C(OCOC)c1ccccc1C. The van der Waals surface area contributed by atoms with E-state index in [4.69, 9.17) is 14.2 Å². The highest BCUT2D eigenvalue weighted by Gasteiger charge is 2.24. The molecule has 1 rings (SSSR count). The first-order valence-corrected chi connectivity index (χ1v) is 6.14. The van der Waals surface area contributed by atoms with Crippen LogP contribution >= 0.6 is 0 Å². The van der Waals surface area contributed by atoms with Gasteiger partial charge in [-0.2, -0.15) is 0 Å². The Morgan fingerprint density at radius 2 is 2.05 bits per heavy atom. The van der Waals surface area contributed by atoms with Crippen molar-refractivity contribution in [1.29, 1.82) is 0 Å². The Hall–Kier alpha value is -1.59. The van der Waals surface area contributed by atoms with Gasteiger partial charge in [0.1, 0.15) is 19.0 Å². The van der Waals surface area contributed by atoms with Gasteiger partial charge in [-0.25, -0.2) is 4.79 Å². The van der Waals surface area contributed by atoms with Gasteiger partial charge in [-0.1, -0.05) is 24.3 Å². The van der Waals surface area contributed by atoms with Gasteiger partial charge >= 0.3 is 6.09 Å². The molecule has 0 aliphatic carbocycles. The molecular formula is C14H21NO4. The molecule has 0 radical (unpaired) electrons. The van der Waals surface area contributed by atoms with Crippen LogP contribution in [0.15, 0.2) is 24.3 Å². The molecule has 1 aromatic carbocycles. The lowest BCUT2D eigenvalue weighted by atomic mass is 10.00. The van der Waals surface area contributed by atoms with Crippen LogP contribution < -0.4 is 5.32 Å². The van der Waals surface area contributed by atoms with Crippen LogP contribution in [0.3, 0.4) is 0 Å². The summed E-state index contributed by atoms with van der Waals surface area (Å²) in [6.07, 6.45) is -1.26. The van der Waals surface area contributed by atoms with Gasteiger partial charge in [-0.3, -0.25) is 0 Å². The van der Waals surface area contributed by atoms with Gasteiger partial charge in [0.25, 0.3) is 0 Å². The summed E-state index contributed by atoms with van der Waals surface area (Å²) in [7, 11) is 3.08. The number of carbonyl (C=O) groups is 1. The maximum Gasteiger partial charge on any atom is 0.407 e. The third kappa shape index (κ3) is 4.54. The Bertz CT molecular complexity index is 408. The fraction of sp³-hybridized carbons (Fsp3) is 0.500. The molecule has 0 saturated carbocycles. The van der Waals surface area contributed by atoms with E-state index >= 15 is 0 Å². The number of rotatable bonds is 6. The minimum absolute atomic E-state index is 0.139. The van der Waals surface area contributed by atoms with Crippen LogP contribution in [0.1, 0.15) is 24.2 Å². The molecule has 0 aliphatic rings. The predicted octanol–water partition coefficient (Wildman–Crippen LogP) is 2.40. The van der Waals surface area contributed by atoms with E-state index in [1.54, 1.807) is 14.0 Å². The van der Waals surface area contributed by atoms with Crippen molar-refractivity contribution in [2.75, 3.05) is 21.0 Å². The summed E-state index contributed by atoms with van der Waals surface area (Å²) in [5, 5.41) is 2.42. The Morgan fingerprint density at radius 3 is 2.63 bits per heavy atom. The number of methoxy groups -OCH3 is 1. The minimum Gasteiger partial charge on any atom is -0.443 e. The molecule has 0 aromatic heterocycles. The quantitative estimate of drug-likeness (QED) is 0.804. The van der Waals surface area contributed by atoms with Crippen molar-refractivity contribution in [3.05, 3.63) is 35.4 Å². The van der Waals surface area contributed by atoms with Gasteiger partial charge in [-0.15, -0.1) is 0 Å². The first-order valence-electron chi connectivity index (χ1n) is 6.14. The van der Waals surface area contributed by atoms with E-state index in [9.17, 15) is 4.79 Å². The van der Waals surface area contributed by atoms with Gasteiger partial charge in [0.05, 0.1) is 0 Å². The van der Waals surface area contributed by atoms with E-state index in [2.05, 4.69) is 5.32 Å². The van der Waals surface area contributed by atoms with Crippen molar-refractivity contribution in [3.63, 3.8) is 0 Å². The van der Waals surface area contributed by atoms with Crippen molar-refractivity contribution in [2.24, 2.45) is 0 Å². The van der Waals surface area contributed by atoms with Crippen molar-refractivity contribution in [1.82, 2.24) is 5.32 Å². The number of amides is 1. The lowest BCUT2D eigenvalue weighted by Gasteiger charge is -2.25. The molecule has 0 spiro atoms. The van der Waals surface area contributed by atoms with Gasteiger partial charge in [0.15, 0.2) is 0 Å². The maximum atomic E-state index is 11.3. The average molecular weight is 267 g/mol. The van der Waals surface area contributed by atoms with E-state index in [0.717, 1.165) is 11.1 Å². The van der Waals surface area contributed by atoms with Gasteiger partial charge < -0.3 is 19.5 Å². The molecule has 5 heteroatoms. The predicted molar refractivity (Wildman–Crippen MR) is 71.9 cm³/mol. The van der Waals surface area contributed by atoms with Crippen LogP contribution in [0.2, 0.25) is 0 Å². The fourth-order valence-electron chi connectivity index (χ4n) is 1.82. The lowest BCUT2D eigenvalue weighted by molar-refractivity contribution is -0.112. The summed E-state index contributed by atoms with van der Waals surface area (Å²) < 4.78 is 15.8. The summed E-state index contributed by atoms with van der Waals surface area (Å²) in [4.78, 5) is 11.3. The van der Waals surface area contributed by atoms with E-state index in [1.807, 2.05) is 31.2 Å². The second-order valence-electron chi connectivity index (χ2n) is 4.21. The molecule has 5 nitrogen and oxygen atoms in total. The second-order valence-corrected chi connectivity index (χ2v) is 4.21. The van der Waals surface area contributed by atoms with Crippen molar-refractivity contribution in [3.8, 4) is 0 Å².